The summed E-state index contributed by atoms with van der Waals surface area (Å²) in [6.45, 7) is 0. The van der Waals surface area contributed by atoms with Gasteiger partial charge in [-0.1, -0.05) is 12.1 Å². The third-order valence-corrected chi connectivity index (χ3v) is 6.07. The maximum atomic E-state index is 12.1. The van der Waals surface area contributed by atoms with Crippen LogP contribution in [0.2, 0.25) is 0 Å². The van der Waals surface area contributed by atoms with Crippen molar-refractivity contribution in [2.45, 2.75) is 9.79 Å². The van der Waals surface area contributed by atoms with Gasteiger partial charge in [-0.05, 0) is 24.3 Å². The fourth-order valence-electron chi connectivity index (χ4n) is 1.59. The van der Waals surface area contributed by atoms with Gasteiger partial charge in [-0.15, -0.1) is 0 Å². The molecule has 0 aromatic heterocycles. The highest BCUT2D eigenvalue weighted by molar-refractivity contribution is 8.14. The highest BCUT2D eigenvalue weighted by Gasteiger charge is 2.26. The molecule has 0 N–H and O–H groups in total. The Labute approximate surface area is 126 Å². The molecule has 0 saturated carbocycles. The number of nitrogens with zero attached hydrogens (tertiary/aromatic N) is 3. The number of sulfonamides is 2. The SMILES string of the molecule is N#[N+]c1ccc(F)cc1.O=S1(=O)[N-]S(=O)(=O)c2ccccc21. The Hall–Kier alpha value is -2.35. The standard InChI is InChI=1S/C6H4FN2.C6H4NO4S2/c7-5-1-3-6(9-8)4-2-5;8-12(9)5-3-1-2-4-6(5)13(10,11)7-12/h1-4H;1-4H/q+1;-1. The van der Waals surface area contributed by atoms with Gasteiger partial charge >= 0.3 is 5.69 Å². The summed E-state index contributed by atoms with van der Waals surface area (Å²) in [4.78, 5) is 2.36. The molecule has 114 valence electrons. The number of hydrogen-bond acceptors (Lipinski definition) is 5. The van der Waals surface area contributed by atoms with E-state index in [0.717, 1.165) is 0 Å². The number of diazo groups is 1. The first-order valence-corrected chi connectivity index (χ1v) is 8.58. The molecule has 0 saturated heterocycles. The van der Waals surface area contributed by atoms with Crippen LogP contribution in [0, 0.1) is 11.2 Å². The molecule has 1 aliphatic rings. The zero-order chi connectivity index (χ0) is 16.4. The fourth-order valence-corrected chi connectivity index (χ4v) is 5.05. The Balaban J connectivity index is 0.000000172. The van der Waals surface area contributed by atoms with Gasteiger partial charge in [0.1, 0.15) is 25.9 Å². The number of rotatable bonds is 0. The van der Waals surface area contributed by atoms with Crippen molar-refractivity contribution in [3.05, 3.63) is 63.5 Å². The molecule has 0 bridgehead atoms. The molecule has 10 heteroatoms. The molecule has 0 radical (unpaired) electrons. The molecule has 22 heavy (non-hydrogen) atoms. The van der Waals surface area contributed by atoms with Crippen LogP contribution in [0.3, 0.4) is 0 Å². The second kappa shape index (κ2) is 5.80. The molecule has 0 spiro atoms. The zero-order valence-corrected chi connectivity index (χ0v) is 12.4. The number of hydrogen-bond donors (Lipinski definition) is 0. The van der Waals surface area contributed by atoms with Crippen molar-refractivity contribution < 1.29 is 21.2 Å². The van der Waals surface area contributed by atoms with E-state index in [1.54, 1.807) is 0 Å². The number of fused-ring (bicyclic) bond motifs is 1. The Morgan fingerprint density at radius 3 is 1.73 bits per heavy atom. The van der Waals surface area contributed by atoms with E-state index in [4.69, 9.17) is 5.39 Å². The molecule has 0 unspecified atom stereocenters. The van der Waals surface area contributed by atoms with Gasteiger partial charge in [0.2, 0.25) is 5.39 Å². The molecule has 3 rings (SSSR count). The second-order valence-electron chi connectivity index (χ2n) is 4.05. The van der Waals surface area contributed by atoms with Crippen molar-refractivity contribution in [3.8, 4) is 0 Å². The summed E-state index contributed by atoms with van der Waals surface area (Å²) in [5.41, 5.74) is 0.358. The lowest BCUT2D eigenvalue weighted by Crippen LogP contribution is -1.92. The number of benzene rings is 2. The quantitative estimate of drug-likeness (QED) is 0.684. The normalized spacial score (nSPS) is 16.7. The fraction of sp³-hybridized carbons (Fsp3) is 0. The lowest BCUT2D eigenvalue weighted by atomic mass is 10.3. The van der Waals surface area contributed by atoms with E-state index in [-0.39, 0.29) is 15.6 Å². The maximum absolute atomic E-state index is 12.1. The molecular weight excluding hydrogens is 333 g/mol. The molecule has 2 aromatic carbocycles. The predicted octanol–water partition coefficient (Wildman–Crippen LogP) is 2.76. The summed E-state index contributed by atoms with van der Waals surface area (Å²) in [6, 6.07) is 10.6. The molecule has 1 aliphatic heterocycles. The van der Waals surface area contributed by atoms with Gasteiger partial charge in [-0.25, -0.2) is 21.2 Å². The van der Waals surface area contributed by atoms with Crippen molar-refractivity contribution in [1.29, 1.82) is 5.39 Å². The second-order valence-corrected chi connectivity index (χ2v) is 7.42. The van der Waals surface area contributed by atoms with E-state index < -0.39 is 20.0 Å². The van der Waals surface area contributed by atoms with Gasteiger partial charge in [-0.3, -0.25) is 0 Å². The summed E-state index contributed by atoms with van der Waals surface area (Å²) in [5.74, 6) is -0.331. The largest absolute Gasteiger partial charge is 0.428 e. The third-order valence-electron chi connectivity index (χ3n) is 2.54. The van der Waals surface area contributed by atoms with Crippen LogP contribution in [-0.4, -0.2) is 16.8 Å². The molecular formula is C12H8FN3O4S2. The van der Waals surface area contributed by atoms with Crippen LogP contribution in [0.4, 0.5) is 10.1 Å². The first-order chi connectivity index (χ1) is 10.3. The smallest absolute Gasteiger partial charge is 0.385 e. The molecule has 0 aliphatic carbocycles. The lowest BCUT2D eigenvalue weighted by molar-refractivity contribution is 0.603. The maximum Gasteiger partial charge on any atom is 0.385 e. The lowest BCUT2D eigenvalue weighted by Gasteiger charge is -2.05. The summed E-state index contributed by atoms with van der Waals surface area (Å²) < 4.78 is 59.4. The van der Waals surface area contributed by atoms with Crippen LogP contribution < -0.4 is 0 Å². The third kappa shape index (κ3) is 3.28. The minimum atomic E-state index is -3.98. The Kier molecular flexibility index (Phi) is 4.23. The van der Waals surface area contributed by atoms with Crippen LogP contribution in [-0.2, 0) is 20.0 Å². The molecule has 1 heterocycles. The monoisotopic (exact) mass is 341 g/mol. The van der Waals surface area contributed by atoms with Gasteiger partial charge in [0.05, 0.1) is 9.79 Å². The van der Waals surface area contributed by atoms with Gasteiger partial charge in [0, 0.05) is 12.1 Å². The number of halogens is 1. The van der Waals surface area contributed by atoms with E-state index in [1.165, 1.54) is 48.5 Å². The van der Waals surface area contributed by atoms with Crippen LogP contribution in [0.25, 0.3) is 9.10 Å². The van der Waals surface area contributed by atoms with E-state index in [0.29, 0.717) is 5.69 Å². The molecule has 0 amide bonds. The average Bonchev–Trinajstić information content (AvgIpc) is 2.66. The van der Waals surface area contributed by atoms with Gasteiger partial charge < -0.3 is 4.13 Å². The van der Waals surface area contributed by atoms with Crippen LogP contribution in [0.1, 0.15) is 0 Å². The van der Waals surface area contributed by atoms with Crippen LogP contribution in [0.5, 0.6) is 0 Å². The van der Waals surface area contributed by atoms with Crippen molar-refractivity contribution in [2.24, 2.45) is 0 Å². The predicted molar refractivity (Wildman–Crippen MR) is 75.3 cm³/mol. The summed E-state index contributed by atoms with van der Waals surface area (Å²) in [7, 11) is -7.95. The molecule has 0 fully saturated rings. The Morgan fingerprint density at radius 1 is 0.864 bits per heavy atom. The van der Waals surface area contributed by atoms with Crippen molar-refractivity contribution in [1.82, 2.24) is 0 Å². The topological polar surface area (TPSA) is 111 Å². The minimum Gasteiger partial charge on any atom is -0.428 e. The van der Waals surface area contributed by atoms with E-state index >= 15 is 0 Å². The summed E-state index contributed by atoms with van der Waals surface area (Å²) in [5, 5.41) is 8.13. The van der Waals surface area contributed by atoms with Gasteiger partial charge in [0.25, 0.3) is 0 Å². The van der Waals surface area contributed by atoms with Gasteiger partial charge in [0.15, 0.2) is 4.98 Å². The zero-order valence-electron chi connectivity index (χ0n) is 10.8. The Bertz CT molecular complexity index is 898. The molecule has 0 atom stereocenters. The summed E-state index contributed by atoms with van der Waals surface area (Å²) in [6.07, 6.45) is 0. The van der Waals surface area contributed by atoms with E-state index in [1.807, 2.05) is 0 Å². The van der Waals surface area contributed by atoms with Crippen molar-refractivity contribution >= 4 is 25.7 Å². The van der Waals surface area contributed by atoms with Crippen molar-refractivity contribution in [2.75, 3.05) is 0 Å². The average molecular weight is 341 g/mol. The first-order valence-electron chi connectivity index (χ1n) is 5.70. The Morgan fingerprint density at radius 2 is 1.32 bits per heavy atom. The van der Waals surface area contributed by atoms with Crippen LogP contribution in [0.15, 0.2) is 58.3 Å². The first kappa shape index (κ1) is 16.0. The van der Waals surface area contributed by atoms with E-state index in [9.17, 15) is 21.2 Å². The molecule has 7 nitrogen and oxygen atoms in total. The minimum absolute atomic E-state index is 0.241. The highest BCUT2D eigenvalue weighted by atomic mass is 32.3. The van der Waals surface area contributed by atoms with E-state index in [2.05, 4.69) is 9.10 Å². The van der Waals surface area contributed by atoms with Gasteiger partial charge in [-0.2, -0.15) is 0 Å². The van der Waals surface area contributed by atoms with Crippen molar-refractivity contribution in [3.63, 3.8) is 0 Å². The highest BCUT2D eigenvalue weighted by Crippen LogP contribution is 2.37. The van der Waals surface area contributed by atoms with Crippen LogP contribution >= 0.6 is 0 Å². The molecule has 2 aromatic rings. The summed E-state index contributed by atoms with van der Waals surface area (Å²) >= 11 is 0.